The van der Waals surface area contributed by atoms with Gasteiger partial charge in [0.05, 0.1) is 12.3 Å². The Hall–Kier alpha value is -1.49. The van der Waals surface area contributed by atoms with Gasteiger partial charge in [0.1, 0.15) is 5.69 Å². The van der Waals surface area contributed by atoms with Gasteiger partial charge in [-0.15, -0.1) is 0 Å². The van der Waals surface area contributed by atoms with Crippen molar-refractivity contribution in [3.05, 3.63) is 18.0 Å². The van der Waals surface area contributed by atoms with Gasteiger partial charge in [-0.05, 0) is 25.8 Å². The molecule has 88 valence electrons. The largest absolute Gasteiger partial charge is 0.397 e. The SMILES string of the molecule is CC(CO)NC(=O)c1cc(N)cn1C1CC1. The van der Waals surface area contributed by atoms with Gasteiger partial charge in [0, 0.05) is 18.3 Å². The molecule has 0 spiro atoms. The van der Waals surface area contributed by atoms with Crippen molar-refractivity contribution in [2.45, 2.75) is 31.8 Å². The van der Waals surface area contributed by atoms with E-state index in [4.69, 9.17) is 10.8 Å². The highest BCUT2D eigenvalue weighted by Gasteiger charge is 2.27. The van der Waals surface area contributed by atoms with Crippen LogP contribution < -0.4 is 11.1 Å². The molecule has 0 saturated heterocycles. The lowest BCUT2D eigenvalue weighted by atomic mass is 10.3. The molecule has 1 unspecified atom stereocenters. The van der Waals surface area contributed by atoms with Gasteiger partial charge in [-0.2, -0.15) is 0 Å². The summed E-state index contributed by atoms with van der Waals surface area (Å²) in [4.78, 5) is 11.9. The fourth-order valence-electron chi connectivity index (χ4n) is 1.68. The molecule has 0 aliphatic heterocycles. The minimum Gasteiger partial charge on any atom is -0.397 e. The summed E-state index contributed by atoms with van der Waals surface area (Å²) in [6.07, 6.45) is 4.00. The summed E-state index contributed by atoms with van der Waals surface area (Å²) < 4.78 is 1.93. The maximum absolute atomic E-state index is 11.9. The third kappa shape index (κ3) is 2.19. The van der Waals surface area contributed by atoms with Gasteiger partial charge in [-0.1, -0.05) is 0 Å². The average Bonchev–Trinajstić information content (AvgIpc) is 3.01. The van der Waals surface area contributed by atoms with Crippen LogP contribution in [-0.4, -0.2) is 28.2 Å². The molecule has 0 aromatic carbocycles. The fourth-order valence-corrected chi connectivity index (χ4v) is 1.68. The highest BCUT2D eigenvalue weighted by Crippen LogP contribution is 2.37. The monoisotopic (exact) mass is 223 g/mol. The number of carbonyl (C=O) groups is 1. The van der Waals surface area contributed by atoms with E-state index in [0.717, 1.165) is 12.8 Å². The third-order valence-electron chi connectivity index (χ3n) is 2.69. The topological polar surface area (TPSA) is 80.3 Å². The first kappa shape index (κ1) is 11.0. The van der Waals surface area contributed by atoms with E-state index in [0.29, 0.717) is 17.4 Å². The quantitative estimate of drug-likeness (QED) is 0.696. The summed E-state index contributed by atoms with van der Waals surface area (Å²) in [5, 5.41) is 11.6. The first-order valence-corrected chi connectivity index (χ1v) is 5.51. The number of nitrogens with one attached hydrogen (secondary N) is 1. The molecule has 1 heterocycles. The highest BCUT2D eigenvalue weighted by molar-refractivity contribution is 5.94. The van der Waals surface area contributed by atoms with E-state index < -0.39 is 0 Å². The summed E-state index contributed by atoms with van der Waals surface area (Å²) in [7, 11) is 0. The summed E-state index contributed by atoms with van der Waals surface area (Å²) in [6.45, 7) is 1.69. The smallest absolute Gasteiger partial charge is 0.268 e. The maximum Gasteiger partial charge on any atom is 0.268 e. The number of nitrogens with two attached hydrogens (primary N) is 1. The molecule has 1 atom stereocenters. The first-order valence-electron chi connectivity index (χ1n) is 5.51. The molecule has 1 saturated carbocycles. The van der Waals surface area contributed by atoms with Gasteiger partial charge in [0.2, 0.25) is 0 Å². The fraction of sp³-hybridized carbons (Fsp3) is 0.545. The van der Waals surface area contributed by atoms with Crippen LogP contribution in [0, 0.1) is 0 Å². The number of carbonyl (C=O) groups excluding carboxylic acids is 1. The Morgan fingerprint density at radius 3 is 3.00 bits per heavy atom. The molecule has 4 N–H and O–H groups in total. The zero-order valence-corrected chi connectivity index (χ0v) is 9.31. The molecule has 5 nitrogen and oxygen atoms in total. The Kier molecular flexibility index (Phi) is 2.87. The second-order valence-corrected chi connectivity index (χ2v) is 4.35. The van der Waals surface area contributed by atoms with Crippen LogP contribution >= 0.6 is 0 Å². The van der Waals surface area contributed by atoms with Gasteiger partial charge in [-0.25, -0.2) is 0 Å². The van der Waals surface area contributed by atoms with E-state index in [1.165, 1.54) is 0 Å². The van der Waals surface area contributed by atoms with Gasteiger partial charge in [-0.3, -0.25) is 4.79 Å². The molecule has 0 bridgehead atoms. The lowest BCUT2D eigenvalue weighted by Gasteiger charge is -2.12. The Labute approximate surface area is 94.2 Å². The highest BCUT2D eigenvalue weighted by atomic mass is 16.3. The van der Waals surface area contributed by atoms with Crippen molar-refractivity contribution in [1.82, 2.24) is 9.88 Å². The van der Waals surface area contributed by atoms with Crippen LogP contribution in [0.25, 0.3) is 0 Å². The molecule has 0 radical (unpaired) electrons. The molecule has 1 amide bonds. The number of amides is 1. The van der Waals surface area contributed by atoms with Crippen LogP contribution in [0.5, 0.6) is 0 Å². The summed E-state index contributed by atoms with van der Waals surface area (Å²) in [5.74, 6) is -0.176. The number of nitrogens with zero attached hydrogens (tertiary/aromatic N) is 1. The van der Waals surface area contributed by atoms with Crippen LogP contribution in [0.1, 0.15) is 36.3 Å². The molecular formula is C11H17N3O2. The number of aliphatic hydroxyl groups excluding tert-OH is 1. The van der Waals surface area contributed by atoms with E-state index in [9.17, 15) is 4.79 Å². The van der Waals surface area contributed by atoms with Crippen molar-refractivity contribution in [2.75, 3.05) is 12.3 Å². The van der Waals surface area contributed by atoms with Crippen molar-refractivity contribution in [3.8, 4) is 0 Å². The van der Waals surface area contributed by atoms with Gasteiger partial charge in [0.15, 0.2) is 0 Å². The summed E-state index contributed by atoms with van der Waals surface area (Å²) in [5.41, 5.74) is 6.88. The summed E-state index contributed by atoms with van der Waals surface area (Å²) >= 11 is 0. The van der Waals surface area contributed by atoms with E-state index in [2.05, 4.69) is 5.32 Å². The zero-order valence-electron chi connectivity index (χ0n) is 9.31. The number of rotatable bonds is 4. The molecule has 5 heteroatoms. The second-order valence-electron chi connectivity index (χ2n) is 4.35. The first-order chi connectivity index (χ1) is 7.61. The lowest BCUT2D eigenvalue weighted by molar-refractivity contribution is 0.0912. The number of hydrogen-bond acceptors (Lipinski definition) is 3. The van der Waals surface area contributed by atoms with Crippen LogP contribution in [-0.2, 0) is 0 Å². The standard InChI is InChI=1S/C11H17N3O2/c1-7(6-15)13-11(16)10-4-8(12)5-14(10)9-2-3-9/h4-5,7,9,15H,2-3,6,12H2,1H3,(H,13,16). The minimum absolute atomic E-state index is 0.0641. The lowest BCUT2D eigenvalue weighted by Crippen LogP contribution is -2.36. The minimum atomic E-state index is -0.240. The van der Waals surface area contributed by atoms with Crippen molar-refractivity contribution in [1.29, 1.82) is 0 Å². The van der Waals surface area contributed by atoms with E-state index in [1.54, 1.807) is 19.2 Å². The predicted molar refractivity (Wildman–Crippen MR) is 61.1 cm³/mol. The van der Waals surface area contributed by atoms with Crippen LogP contribution in [0.4, 0.5) is 5.69 Å². The van der Waals surface area contributed by atoms with Crippen molar-refractivity contribution in [2.24, 2.45) is 0 Å². The molecule has 1 aromatic heterocycles. The Morgan fingerprint density at radius 2 is 2.44 bits per heavy atom. The Bertz CT molecular complexity index is 396. The van der Waals surface area contributed by atoms with E-state index in [-0.39, 0.29) is 18.6 Å². The van der Waals surface area contributed by atoms with E-state index >= 15 is 0 Å². The number of aliphatic hydroxyl groups is 1. The van der Waals surface area contributed by atoms with Crippen LogP contribution in [0.15, 0.2) is 12.3 Å². The van der Waals surface area contributed by atoms with Crippen LogP contribution in [0.3, 0.4) is 0 Å². The predicted octanol–water partition coefficient (Wildman–Crippen LogP) is 0.516. The van der Waals surface area contributed by atoms with Crippen molar-refractivity contribution in [3.63, 3.8) is 0 Å². The maximum atomic E-state index is 11.9. The summed E-state index contributed by atoms with van der Waals surface area (Å²) in [6, 6.07) is 1.86. The number of hydrogen-bond donors (Lipinski definition) is 3. The molecule has 1 aromatic rings. The van der Waals surface area contributed by atoms with Gasteiger partial charge >= 0.3 is 0 Å². The van der Waals surface area contributed by atoms with Crippen LogP contribution in [0.2, 0.25) is 0 Å². The van der Waals surface area contributed by atoms with Crippen molar-refractivity contribution >= 4 is 11.6 Å². The molecular weight excluding hydrogens is 206 g/mol. The number of aromatic nitrogens is 1. The molecule has 1 aliphatic carbocycles. The molecule has 1 fully saturated rings. The molecule has 1 aliphatic rings. The second kappa shape index (κ2) is 4.17. The molecule has 2 rings (SSSR count). The normalized spacial score (nSPS) is 17.1. The van der Waals surface area contributed by atoms with Crippen molar-refractivity contribution < 1.29 is 9.90 Å². The number of anilines is 1. The third-order valence-corrected chi connectivity index (χ3v) is 2.69. The Morgan fingerprint density at radius 1 is 1.75 bits per heavy atom. The van der Waals surface area contributed by atoms with Gasteiger partial charge in [0.25, 0.3) is 5.91 Å². The molecule has 16 heavy (non-hydrogen) atoms. The number of nitrogen functional groups attached to an aromatic ring is 1. The zero-order chi connectivity index (χ0) is 11.7. The van der Waals surface area contributed by atoms with E-state index in [1.807, 2.05) is 4.57 Å². The average molecular weight is 223 g/mol. The van der Waals surface area contributed by atoms with Gasteiger partial charge < -0.3 is 20.7 Å². The Balaban J connectivity index is 2.15.